The highest BCUT2D eigenvalue weighted by Crippen LogP contribution is 2.24. The van der Waals surface area contributed by atoms with Crippen LogP contribution in [0.2, 0.25) is 0 Å². The van der Waals surface area contributed by atoms with E-state index in [0.717, 1.165) is 5.75 Å². The molecule has 1 aromatic heterocycles. The molecular weight excluding hydrogens is 374 g/mol. The number of ether oxygens (including phenoxy) is 1. The molecule has 0 aliphatic heterocycles. The van der Waals surface area contributed by atoms with Crippen molar-refractivity contribution in [3.05, 3.63) is 68.7 Å². The smallest absolute Gasteiger partial charge is 0.259 e. The molecule has 0 fully saturated rings. The van der Waals surface area contributed by atoms with Crippen LogP contribution in [0.4, 0.5) is 0 Å². The largest absolute Gasteiger partial charge is 0.492 e. The molecule has 0 atom stereocenters. The number of H-pyrrole nitrogens is 2. The minimum atomic E-state index is -0.281. The maximum atomic E-state index is 12.3. The Morgan fingerprint density at radius 2 is 1.82 bits per heavy atom. The van der Waals surface area contributed by atoms with E-state index in [0.29, 0.717) is 29.6 Å². The molecule has 0 saturated heterocycles. The standard InChI is InChI=1S/C21H23N3O3S/c1-21(2,3)14-5-7-15(8-6-14)27-11-10-22-18(25)13-4-9-16-17(12-13)23-20(28)24-19(16)26/h4-9,12H,10-11H2,1-3H3,(H,22,25)(H2,23,24,26,28). The number of aromatic nitrogens is 2. The van der Waals surface area contributed by atoms with Crippen LogP contribution in [-0.4, -0.2) is 29.0 Å². The summed E-state index contributed by atoms with van der Waals surface area (Å²) >= 11 is 4.97. The third-order valence-electron chi connectivity index (χ3n) is 4.38. The molecule has 6 nitrogen and oxygen atoms in total. The molecule has 1 amide bonds. The summed E-state index contributed by atoms with van der Waals surface area (Å²) in [5.41, 5.74) is 2.02. The number of fused-ring (bicyclic) bond motifs is 1. The zero-order valence-electron chi connectivity index (χ0n) is 16.1. The molecule has 3 rings (SSSR count). The summed E-state index contributed by atoms with van der Waals surface area (Å²) in [4.78, 5) is 29.6. The molecule has 0 aliphatic rings. The molecule has 0 radical (unpaired) electrons. The Labute approximate surface area is 168 Å². The number of hydrogen-bond acceptors (Lipinski definition) is 4. The van der Waals surface area contributed by atoms with Gasteiger partial charge < -0.3 is 15.0 Å². The van der Waals surface area contributed by atoms with E-state index in [9.17, 15) is 9.59 Å². The van der Waals surface area contributed by atoms with Crippen LogP contribution >= 0.6 is 12.2 Å². The minimum absolute atomic E-state index is 0.0979. The van der Waals surface area contributed by atoms with Gasteiger partial charge in [0.1, 0.15) is 12.4 Å². The average molecular weight is 398 g/mol. The fourth-order valence-electron chi connectivity index (χ4n) is 2.80. The molecule has 2 aromatic carbocycles. The Kier molecular flexibility index (Phi) is 5.65. The average Bonchev–Trinajstić information content (AvgIpc) is 2.64. The fourth-order valence-corrected chi connectivity index (χ4v) is 3.00. The lowest BCUT2D eigenvalue weighted by Gasteiger charge is -2.19. The van der Waals surface area contributed by atoms with Crippen molar-refractivity contribution in [2.75, 3.05) is 13.2 Å². The van der Waals surface area contributed by atoms with Gasteiger partial charge in [-0.25, -0.2) is 0 Å². The molecule has 0 aliphatic carbocycles. The van der Waals surface area contributed by atoms with Gasteiger partial charge in [-0.3, -0.25) is 14.6 Å². The van der Waals surface area contributed by atoms with Crippen molar-refractivity contribution in [2.45, 2.75) is 26.2 Å². The number of amides is 1. The van der Waals surface area contributed by atoms with E-state index < -0.39 is 0 Å². The normalized spacial score (nSPS) is 11.4. The monoisotopic (exact) mass is 397 g/mol. The minimum Gasteiger partial charge on any atom is -0.492 e. The summed E-state index contributed by atoms with van der Waals surface area (Å²) in [6.45, 7) is 7.21. The second-order valence-electron chi connectivity index (χ2n) is 7.55. The Bertz CT molecular complexity index is 1110. The topological polar surface area (TPSA) is 87.0 Å². The molecule has 0 spiro atoms. The van der Waals surface area contributed by atoms with Gasteiger partial charge in [-0.15, -0.1) is 0 Å². The van der Waals surface area contributed by atoms with Crippen molar-refractivity contribution in [1.29, 1.82) is 0 Å². The van der Waals surface area contributed by atoms with E-state index >= 15 is 0 Å². The lowest BCUT2D eigenvalue weighted by molar-refractivity contribution is 0.0947. The third kappa shape index (κ3) is 4.67. The quantitative estimate of drug-likeness (QED) is 0.453. The van der Waals surface area contributed by atoms with Crippen LogP contribution in [0.25, 0.3) is 10.9 Å². The summed E-state index contributed by atoms with van der Waals surface area (Å²) in [5.74, 6) is 0.521. The van der Waals surface area contributed by atoms with Gasteiger partial charge in [0.15, 0.2) is 4.77 Å². The Morgan fingerprint density at radius 1 is 1.11 bits per heavy atom. The van der Waals surface area contributed by atoms with E-state index in [-0.39, 0.29) is 21.7 Å². The van der Waals surface area contributed by atoms with E-state index in [1.54, 1.807) is 18.2 Å². The predicted molar refractivity (Wildman–Crippen MR) is 113 cm³/mol. The highest BCUT2D eigenvalue weighted by Gasteiger charge is 2.13. The van der Waals surface area contributed by atoms with Crippen molar-refractivity contribution in [3.8, 4) is 5.75 Å². The maximum absolute atomic E-state index is 12.3. The van der Waals surface area contributed by atoms with E-state index in [4.69, 9.17) is 17.0 Å². The first-order valence-electron chi connectivity index (χ1n) is 9.02. The molecule has 0 bridgehead atoms. The van der Waals surface area contributed by atoms with Crippen LogP contribution in [0.15, 0.2) is 47.3 Å². The number of carbonyl (C=O) groups excluding carboxylic acids is 1. The van der Waals surface area contributed by atoms with Crippen LogP contribution in [0.1, 0.15) is 36.7 Å². The van der Waals surface area contributed by atoms with Crippen LogP contribution in [0, 0.1) is 4.77 Å². The first-order chi connectivity index (χ1) is 13.2. The van der Waals surface area contributed by atoms with E-state index in [2.05, 4.69) is 48.2 Å². The van der Waals surface area contributed by atoms with Crippen LogP contribution < -0.4 is 15.6 Å². The first-order valence-corrected chi connectivity index (χ1v) is 9.43. The van der Waals surface area contributed by atoms with Crippen molar-refractivity contribution < 1.29 is 9.53 Å². The molecule has 3 N–H and O–H groups in total. The van der Waals surface area contributed by atoms with E-state index in [1.165, 1.54) is 5.56 Å². The lowest BCUT2D eigenvalue weighted by atomic mass is 9.87. The van der Waals surface area contributed by atoms with Crippen molar-refractivity contribution in [2.24, 2.45) is 0 Å². The Morgan fingerprint density at radius 3 is 2.50 bits per heavy atom. The van der Waals surface area contributed by atoms with Crippen molar-refractivity contribution in [3.63, 3.8) is 0 Å². The lowest BCUT2D eigenvalue weighted by Crippen LogP contribution is -2.28. The molecule has 28 heavy (non-hydrogen) atoms. The highest BCUT2D eigenvalue weighted by molar-refractivity contribution is 7.71. The summed E-state index contributed by atoms with van der Waals surface area (Å²) in [7, 11) is 0. The highest BCUT2D eigenvalue weighted by atomic mass is 32.1. The summed E-state index contributed by atoms with van der Waals surface area (Å²) in [6, 6.07) is 12.8. The van der Waals surface area contributed by atoms with Gasteiger partial charge in [0, 0.05) is 5.56 Å². The number of hydrogen-bond donors (Lipinski definition) is 3. The number of rotatable bonds is 5. The van der Waals surface area contributed by atoms with E-state index in [1.807, 2.05) is 12.1 Å². The zero-order chi connectivity index (χ0) is 20.3. The van der Waals surface area contributed by atoms with Gasteiger partial charge in [0.25, 0.3) is 11.5 Å². The van der Waals surface area contributed by atoms with Gasteiger partial charge >= 0.3 is 0 Å². The Balaban J connectivity index is 1.56. The molecular formula is C21H23N3O3S. The summed E-state index contributed by atoms with van der Waals surface area (Å²) in [5, 5.41) is 3.26. The predicted octanol–water partition coefficient (Wildman–Crippen LogP) is 3.69. The first kappa shape index (κ1) is 19.8. The van der Waals surface area contributed by atoms with Gasteiger partial charge in [0.05, 0.1) is 17.4 Å². The molecule has 1 heterocycles. The number of aromatic amines is 2. The number of nitrogens with one attached hydrogen (secondary N) is 3. The molecule has 3 aromatic rings. The zero-order valence-corrected chi connectivity index (χ0v) is 16.9. The Hall–Kier alpha value is -2.93. The summed E-state index contributed by atoms with van der Waals surface area (Å²) < 4.78 is 5.90. The van der Waals surface area contributed by atoms with Gasteiger partial charge in [-0.05, 0) is 53.5 Å². The summed E-state index contributed by atoms with van der Waals surface area (Å²) in [6.07, 6.45) is 0. The third-order valence-corrected chi connectivity index (χ3v) is 4.58. The van der Waals surface area contributed by atoms with Crippen LogP contribution in [0.5, 0.6) is 5.75 Å². The molecule has 0 saturated carbocycles. The van der Waals surface area contributed by atoms with Gasteiger partial charge in [0.2, 0.25) is 0 Å². The van der Waals surface area contributed by atoms with Crippen LogP contribution in [-0.2, 0) is 5.41 Å². The maximum Gasteiger partial charge on any atom is 0.259 e. The number of benzene rings is 2. The fraction of sp³-hybridized carbons (Fsp3) is 0.286. The second-order valence-corrected chi connectivity index (χ2v) is 7.96. The number of carbonyl (C=O) groups is 1. The van der Waals surface area contributed by atoms with Gasteiger partial charge in [-0.1, -0.05) is 32.9 Å². The van der Waals surface area contributed by atoms with Crippen molar-refractivity contribution >= 4 is 29.0 Å². The van der Waals surface area contributed by atoms with Crippen molar-refractivity contribution in [1.82, 2.24) is 15.3 Å². The molecule has 0 unspecified atom stereocenters. The molecule has 7 heteroatoms. The van der Waals surface area contributed by atoms with Gasteiger partial charge in [-0.2, -0.15) is 0 Å². The van der Waals surface area contributed by atoms with Crippen LogP contribution in [0.3, 0.4) is 0 Å². The molecule has 146 valence electrons. The second kappa shape index (κ2) is 7.98. The SMILES string of the molecule is CC(C)(C)c1ccc(OCCNC(=O)c2ccc3c(=O)[nH]c(=S)[nH]c3c2)cc1.